The van der Waals surface area contributed by atoms with Crippen LogP contribution >= 0.6 is 0 Å². The van der Waals surface area contributed by atoms with Gasteiger partial charge in [0.25, 0.3) is 0 Å². The van der Waals surface area contributed by atoms with E-state index in [1.165, 1.54) is 32.3 Å². The smallest absolute Gasteiger partial charge is 0.0540 e. The van der Waals surface area contributed by atoms with Crippen LogP contribution in [0, 0.1) is 0 Å². The molecule has 2 heteroatoms. The van der Waals surface area contributed by atoms with Crippen molar-refractivity contribution in [2.45, 2.75) is 0 Å². The molecule has 0 atom stereocenters. The van der Waals surface area contributed by atoms with E-state index in [1.54, 1.807) is 0 Å². The van der Waals surface area contributed by atoms with Crippen LogP contribution < -0.4 is 9.80 Å². The minimum atomic E-state index is 1.05. The Morgan fingerprint density at radius 3 is 1.00 bits per heavy atom. The van der Waals surface area contributed by atoms with Crippen molar-refractivity contribution in [1.82, 2.24) is 0 Å². The highest BCUT2D eigenvalue weighted by Crippen LogP contribution is 2.48. The fourth-order valence-corrected chi connectivity index (χ4v) is 9.18. The summed E-state index contributed by atoms with van der Waals surface area (Å²) < 4.78 is 0. The zero-order chi connectivity index (χ0) is 41.2. The van der Waals surface area contributed by atoms with Crippen LogP contribution in [0.4, 0.5) is 34.1 Å². The predicted octanol–water partition coefficient (Wildman–Crippen LogP) is 17.1. The molecule has 11 rings (SSSR count). The number of anilines is 6. The van der Waals surface area contributed by atoms with Crippen molar-refractivity contribution < 1.29 is 0 Å². The van der Waals surface area contributed by atoms with E-state index in [0.29, 0.717) is 0 Å². The molecule has 0 fully saturated rings. The van der Waals surface area contributed by atoms with Gasteiger partial charge in [-0.1, -0.05) is 194 Å². The number of nitrogens with zero attached hydrogens (tertiary/aromatic N) is 2. The van der Waals surface area contributed by atoms with Crippen LogP contribution in [0.2, 0.25) is 0 Å². The second-order valence-corrected chi connectivity index (χ2v) is 15.7. The Morgan fingerprint density at radius 2 is 0.548 bits per heavy atom. The van der Waals surface area contributed by atoms with Crippen molar-refractivity contribution in [3.63, 3.8) is 0 Å². The second kappa shape index (κ2) is 16.1. The fraction of sp³-hybridized carbons (Fsp3) is 0. The maximum absolute atomic E-state index is 2.42. The molecule has 292 valence electrons. The molecule has 11 aromatic rings. The van der Waals surface area contributed by atoms with Crippen molar-refractivity contribution in [3.8, 4) is 33.4 Å². The Kier molecular flexibility index (Phi) is 9.57. The van der Waals surface area contributed by atoms with Crippen molar-refractivity contribution in [2.75, 3.05) is 9.80 Å². The van der Waals surface area contributed by atoms with Gasteiger partial charge in [0.1, 0.15) is 0 Å². The van der Waals surface area contributed by atoms with Crippen molar-refractivity contribution >= 4 is 66.4 Å². The summed E-state index contributed by atoms with van der Waals surface area (Å²) in [7, 11) is 0. The lowest BCUT2D eigenvalue weighted by molar-refractivity contribution is 1.25. The topological polar surface area (TPSA) is 6.48 Å². The van der Waals surface area contributed by atoms with Gasteiger partial charge in [0.15, 0.2) is 0 Å². The number of fused-ring (bicyclic) bond motifs is 6. The molecule has 0 unspecified atom stereocenters. The fourth-order valence-electron chi connectivity index (χ4n) is 9.18. The van der Waals surface area contributed by atoms with Gasteiger partial charge in [-0.3, -0.25) is 0 Å². The minimum absolute atomic E-state index is 1.05. The molecule has 0 aromatic heterocycles. The first kappa shape index (κ1) is 36.8. The first-order valence-electron chi connectivity index (χ1n) is 21.3. The van der Waals surface area contributed by atoms with E-state index in [4.69, 9.17) is 0 Å². The van der Waals surface area contributed by atoms with Crippen LogP contribution in [-0.2, 0) is 0 Å². The number of rotatable bonds is 9. The Balaban J connectivity index is 1.22. The molecule has 0 heterocycles. The maximum Gasteiger partial charge on any atom is 0.0540 e. The third kappa shape index (κ3) is 6.74. The molecular weight excluding hydrogens is 749 g/mol. The lowest BCUT2D eigenvalue weighted by atomic mass is 9.91. The zero-order valence-electron chi connectivity index (χ0n) is 34.1. The van der Waals surface area contributed by atoms with Gasteiger partial charge < -0.3 is 9.80 Å². The molecule has 0 aliphatic carbocycles. The summed E-state index contributed by atoms with van der Waals surface area (Å²) in [4.78, 5) is 4.84. The summed E-state index contributed by atoms with van der Waals surface area (Å²) >= 11 is 0. The molecular formula is C60H42N2. The number of benzene rings is 11. The minimum Gasteiger partial charge on any atom is -0.310 e. The molecule has 62 heavy (non-hydrogen) atoms. The van der Waals surface area contributed by atoms with Crippen LogP contribution in [0.1, 0.15) is 0 Å². The van der Waals surface area contributed by atoms with Crippen LogP contribution in [0.3, 0.4) is 0 Å². The third-order valence-corrected chi connectivity index (χ3v) is 12.0. The summed E-state index contributed by atoms with van der Waals surface area (Å²) in [5.74, 6) is 0. The van der Waals surface area contributed by atoms with Crippen molar-refractivity contribution in [2.24, 2.45) is 0 Å². The Morgan fingerprint density at radius 1 is 0.194 bits per heavy atom. The normalized spacial score (nSPS) is 11.2. The van der Waals surface area contributed by atoms with Gasteiger partial charge in [-0.2, -0.15) is 0 Å². The maximum atomic E-state index is 2.42. The highest BCUT2D eigenvalue weighted by Gasteiger charge is 2.23. The summed E-state index contributed by atoms with van der Waals surface area (Å²) in [5, 5.41) is 7.56. The molecule has 0 bridgehead atoms. The van der Waals surface area contributed by atoms with E-state index in [1.807, 2.05) is 0 Å². The average Bonchev–Trinajstić information content (AvgIpc) is 3.35. The van der Waals surface area contributed by atoms with Gasteiger partial charge in [0.05, 0.1) is 11.4 Å². The quantitative estimate of drug-likeness (QED) is 0.134. The average molecular weight is 791 g/mol. The second-order valence-electron chi connectivity index (χ2n) is 15.7. The Bertz CT molecular complexity index is 3160. The van der Waals surface area contributed by atoms with Gasteiger partial charge in [-0.05, 0) is 115 Å². The van der Waals surface area contributed by atoms with Gasteiger partial charge in [0.2, 0.25) is 0 Å². The first-order valence-corrected chi connectivity index (χ1v) is 21.3. The van der Waals surface area contributed by atoms with E-state index in [0.717, 1.165) is 67.5 Å². The molecule has 0 aliphatic heterocycles. The molecule has 0 aliphatic rings. The first-order chi connectivity index (χ1) is 30.8. The number of hydrogen-bond acceptors (Lipinski definition) is 2. The van der Waals surface area contributed by atoms with Crippen molar-refractivity contribution in [3.05, 3.63) is 255 Å². The number of hydrogen-bond donors (Lipinski definition) is 0. The monoisotopic (exact) mass is 790 g/mol. The molecule has 2 nitrogen and oxygen atoms in total. The van der Waals surface area contributed by atoms with Gasteiger partial charge in [0, 0.05) is 33.9 Å². The molecule has 0 N–H and O–H groups in total. The predicted molar refractivity (Wildman–Crippen MR) is 265 cm³/mol. The molecule has 11 aromatic carbocycles. The Labute approximate surface area is 362 Å². The molecule has 0 radical (unpaired) electrons. The van der Waals surface area contributed by atoms with E-state index in [9.17, 15) is 0 Å². The van der Waals surface area contributed by atoms with Crippen LogP contribution in [0.5, 0.6) is 0 Å². The van der Waals surface area contributed by atoms with Gasteiger partial charge in [-0.15, -0.1) is 0 Å². The van der Waals surface area contributed by atoms with Gasteiger partial charge in [-0.25, -0.2) is 0 Å². The summed E-state index contributed by atoms with van der Waals surface area (Å²) in [6, 6.07) is 92.2. The van der Waals surface area contributed by atoms with E-state index < -0.39 is 0 Å². The summed E-state index contributed by atoms with van der Waals surface area (Å²) in [5.41, 5.74) is 13.3. The lowest BCUT2D eigenvalue weighted by Crippen LogP contribution is -2.14. The third-order valence-electron chi connectivity index (χ3n) is 12.0. The van der Waals surface area contributed by atoms with E-state index >= 15 is 0 Å². The zero-order valence-corrected chi connectivity index (χ0v) is 34.1. The van der Waals surface area contributed by atoms with Crippen LogP contribution in [0.25, 0.3) is 65.7 Å². The molecule has 0 spiro atoms. The summed E-state index contributed by atoms with van der Waals surface area (Å²) in [6.45, 7) is 0. The molecule has 0 saturated carbocycles. The summed E-state index contributed by atoms with van der Waals surface area (Å²) in [6.07, 6.45) is 0. The standard InChI is InChI=1S/C60H42N2/c1-5-21-43(22-6-1)51-29-17-19-35-59(51)61(47-25-9-3-10-26-47)49-39-46(45-37-38-57-55-33-14-13-31-53(55)54-32-15-16-34-56(54)58(57)41-45)40-50(42-49)62(48-27-11-4-12-28-48)60-36-20-18-30-52(60)44-23-7-2-8-24-44/h1-42H. The molecule has 0 amide bonds. The van der Waals surface area contributed by atoms with Crippen molar-refractivity contribution in [1.29, 1.82) is 0 Å². The Hall–Kier alpha value is -8.20. The molecule has 0 saturated heterocycles. The van der Waals surface area contributed by atoms with Crippen LogP contribution in [0.15, 0.2) is 255 Å². The SMILES string of the molecule is c1ccc(-c2ccccc2N(c2ccccc2)c2cc(-c3ccc4c5ccccc5c5ccccc5c4c3)cc(N(c3ccccc3)c3ccccc3-c3ccccc3)c2)cc1. The lowest BCUT2D eigenvalue weighted by Gasteiger charge is -2.32. The number of para-hydroxylation sites is 4. The van der Waals surface area contributed by atoms with E-state index in [2.05, 4.69) is 265 Å². The largest absolute Gasteiger partial charge is 0.310 e. The van der Waals surface area contributed by atoms with Crippen LogP contribution in [-0.4, -0.2) is 0 Å². The highest BCUT2D eigenvalue weighted by atomic mass is 15.2. The van der Waals surface area contributed by atoms with E-state index in [-0.39, 0.29) is 0 Å². The van der Waals surface area contributed by atoms with Gasteiger partial charge >= 0.3 is 0 Å². The highest BCUT2D eigenvalue weighted by molar-refractivity contribution is 6.25.